The Morgan fingerprint density at radius 2 is 1.58 bits per heavy atom. The third-order valence-electron chi connectivity index (χ3n) is 5.60. The van der Waals surface area contributed by atoms with Crippen molar-refractivity contribution in [1.82, 2.24) is 5.16 Å². The maximum atomic E-state index is 13.0. The molecule has 1 amide bonds. The molecule has 1 N–H and O–H groups in total. The number of benzene rings is 3. The van der Waals surface area contributed by atoms with Crippen molar-refractivity contribution in [1.29, 1.82) is 0 Å². The van der Waals surface area contributed by atoms with Crippen molar-refractivity contribution in [2.75, 3.05) is 11.5 Å². The first-order valence-electron chi connectivity index (χ1n) is 11.4. The number of aromatic nitrogens is 1. The largest absolute Gasteiger partial charge is 0.481 e. The lowest BCUT2D eigenvalue weighted by Gasteiger charge is -2.23. The van der Waals surface area contributed by atoms with Gasteiger partial charge in [-0.3, -0.25) is 4.79 Å². The molecule has 0 aliphatic heterocycles. The summed E-state index contributed by atoms with van der Waals surface area (Å²) >= 11 is 6.43. The summed E-state index contributed by atoms with van der Waals surface area (Å²) in [5.74, 6) is -0.429. The lowest BCUT2D eigenvalue weighted by Crippen LogP contribution is -2.27. The number of nitrogens with zero attached hydrogens (tertiary/aromatic N) is 2. The van der Waals surface area contributed by atoms with Gasteiger partial charge in [-0.25, -0.2) is 9.69 Å². The number of anilines is 2. The van der Waals surface area contributed by atoms with Gasteiger partial charge in [0.05, 0.1) is 23.7 Å². The van der Waals surface area contributed by atoms with Crippen LogP contribution in [0.4, 0.5) is 16.2 Å². The molecule has 0 aliphatic rings. The molecule has 8 heteroatoms. The minimum Gasteiger partial charge on any atom is -0.481 e. The van der Waals surface area contributed by atoms with Crippen LogP contribution in [-0.2, 0) is 22.4 Å². The fourth-order valence-electron chi connectivity index (χ4n) is 3.91. The van der Waals surface area contributed by atoms with E-state index in [0.29, 0.717) is 34.3 Å². The first-order valence-corrected chi connectivity index (χ1v) is 11.8. The van der Waals surface area contributed by atoms with Crippen LogP contribution in [0.2, 0.25) is 5.02 Å². The van der Waals surface area contributed by atoms with Crippen LogP contribution in [0.1, 0.15) is 29.3 Å². The van der Waals surface area contributed by atoms with Crippen molar-refractivity contribution in [2.45, 2.75) is 26.7 Å². The second-order valence-corrected chi connectivity index (χ2v) is 8.60. The van der Waals surface area contributed by atoms with E-state index in [-0.39, 0.29) is 13.0 Å². The van der Waals surface area contributed by atoms with Gasteiger partial charge >= 0.3 is 12.1 Å². The number of carboxylic acid groups (broad SMARTS) is 1. The van der Waals surface area contributed by atoms with Crippen LogP contribution in [0.25, 0.3) is 11.3 Å². The molecule has 0 bridgehead atoms. The fourth-order valence-corrected chi connectivity index (χ4v) is 4.13. The van der Waals surface area contributed by atoms with E-state index in [1.165, 1.54) is 4.90 Å². The van der Waals surface area contributed by atoms with E-state index < -0.39 is 12.1 Å². The number of ether oxygens (including phenoxy) is 1. The summed E-state index contributed by atoms with van der Waals surface area (Å²) in [7, 11) is 0. The summed E-state index contributed by atoms with van der Waals surface area (Å²) in [5.41, 5.74) is 5.09. The number of carbonyl (C=O) groups is 2. The molecular formula is C28H25ClN2O5. The number of aryl methyl sites for hydroxylation is 1. The highest BCUT2D eigenvalue weighted by molar-refractivity contribution is 6.34. The van der Waals surface area contributed by atoms with Crippen LogP contribution in [0, 0.1) is 6.92 Å². The Kier molecular flexibility index (Phi) is 7.71. The molecule has 1 heterocycles. The maximum absolute atomic E-state index is 13.0. The number of hydrogen-bond donors (Lipinski definition) is 1. The average molecular weight is 505 g/mol. The van der Waals surface area contributed by atoms with Gasteiger partial charge in [-0.05, 0) is 49.1 Å². The average Bonchev–Trinajstić information content (AvgIpc) is 3.23. The van der Waals surface area contributed by atoms with E-state index in [0.717, 1.165) is 22.3 Å². The van der Waals surface area contributed by atoms with E-state index in [4.69, 9.17) is 26.0 Å². The van der Waals surface area contributed by atoms with Gasteiger partial charge in [0, 0.05) is 5.56 Å². The molecule has 0 spiro atoms. The monoisotopic (exact) mass is 504 g/mol. The minimum atomic E-state index is -0.851. The molecule has 0 unspecified atom stereocenters. The highest BCUT2D eigenvalue weighted by atomic mass is 35.5. The van der Waals surface area contributed by atoms with E-state index in [1.54, 1.807) is 38.1 Å². The number of para-hydroxylation sites is 1. The van der Waals surface area contributed by atoms with Gasteiger partial charge in [0.25, 0.3) is 0 Å². The molecule has 1 aromatic heterocycles. The minimum absolute atomic E-state index is 0.00488. The Bertz CT molecular complexity index is 1360. The molecule has 0 radical (unpaired) electrons. The second-order valence-electron chi connectivity index (χ2n) is 8.19. The molecule has 4 rings (SSSR count). The molecule has 36 heavy (non-hydrogen) atoms. The van der Waals surface area contributed by atoms with Gasteiger partial charge in [-0.2, -0.15) is 0 Å². The highest BCUT2D eigenvalue weighted by Gasteiger charge is 2.29. The van der Waals surface area contributed by atoms with Gasteiger partial charge in [0.2, 0.25) is 0 Å². The number of halogens is 1. The molecule has 4 aromatic rings. The molecule has 0 saturated carbocycles. The number of hydrogen-bond acceptors (Lipinski definition) is 5. The Hall–Kier alpha value is -4.10. The van der Waals surface area contributed by atoms with Crippen LogP contribution in [0.3, 0.4) is 0 Å². The lowest BCUT2D eigenvalue weighted by molar-refractivity contribution is -0.136. The molecule has 184 valence electrons. The quantitative estimate of drug-likeness (QED) is 0.283. The molecular weight excluding hydrogens is 480 g/mol. The SMILES string of the molecule is CCOC(=O)N(c1ccccc1Cl)c1c(C)noc1-c1ccc(Cc2ccc(CC(=O)O)cc2)cc1. The Morgan fingerprint density at radius 3 is 2.19 bits per heavy atom. The smallest absolute Gasteiger partial charge is 0.419 e. The lowest BCUT2D eigenvalue weighted by atomic mass is 10.0. The van der Waals surface area contributed by atoms with Crippen molar-refractivity contribution in [3.63, 3.8) is 0 Å². The van der Waals surface area contributed by atoms with Crippen LogP contribution in [-0.4, -0.2) is 28.9 Å². The summed E-state index contributed by atoms with van der Waals surface area (Å²) in [6.45, 7) is 3.70. The normalized spacial score (nSPS) is 10.8. The summed E-state index contributed by atoms with van der Waals surface area (Å²) in [6, 6.07) is 22.3. The summed E-state index contributed by atoms with van der Waals surface area (Å²) in [4.78, 5) is 25.3. The zero-order chi connectivity index (χ0) is 25.7. The number of rotatable bonds is 8. The Labute approximate surface area is 213 Å². The third kappa shape index (κ3) is 5.58. The van der Waals surface area contributed by atoms with Crippen molar-refractivity contribution >= 4 is 35.0 Å². The van der Waals surface area contributed by atoms with E-state index in [9.17, 15) is 9.59 Å². The van der Waals surface area contributed by atoms with Crippen molar-refractivity contribution in [2.24, 2.45) is 0 Å². The third-order valence-corrected chi connectivity index (χ3v) is 5.92. The summed E-state index contributed by atoms with van der Waals surface area (Å²) in [5, 5.41) is 13.4. The predicted octanol–water partition coefficient (Wildman–Crippen LogP) is 6.82. The van der Waals surface area contributed by atoms with Crippen molar-refractivity contribution < 1.29 is 24.0 Å². The molecule has 3 aromatic carbocycles. The van der Waals surface area contributed by atoms with Gasteiger partial charge in [0.15, 0.2) is 5.76 Å². The van der Waals surface area contributed by atoms with Gasteiger partial charge < -0.3 is 14.4 Å². The standard InChI is InChI=1S/C28H25ClN2O5/c1-3-35-28(34)31(24-7-5-4-6-23(24)29)26-18(2)30-36-27(26)22-14-12-20(13-15-22)16-19-8-10-21(11-9-19)17-25(32)33/h4-15H,3,16-17H2,1-2H3,(H,32,33). The van der Waals surface area contributed by atoms with Crippen LogP contribution >= 0.6 is 11.6 Å². The molecule has 0 atom stereocenters. The first kappa shape index (κ1) is 25.0. The van der Waals surface area contributed by atoms with Crippen LogP contribution in [0.5, 0.6) is 0 Å². The van der Waals surface area contributed by atoms with E-state index >= 15 is 0 Å². The Morgan fingerprint density at radius 1 is 0.972 bits per heavy atom. The van der Waals surface area contributed by atoms with Gasteiger partial charge in [0.1, 0.15) is 11.4 Å². The number of aliphatic carboxylic acids is 1. The first-order chi connectivity index (χ1) is 17.4. The zero-order valence-corrected chi connectivity index (χ0v) is 20.7. The molecule has 0 saturated heterocycles. The number of amides is 1. The fraction of sp³-hybridized carbons (Fsp3) is 0.179. The van der Waals surface area contributed by atoms with E-state index in [2.05, 4.69) is 5.16 Å². The van der Waals surface area contributed by atoms with Gasteiger partial charge in [-0.1, -0.05) is 77.4 Å². The van der Waals surface area contributed by atoms with Crippen LogP contribution in [0.15, 0.2) is 77.3 Å². The zero-order valence-electron chi connectivity index (χ0n) is 19.9. The summed E-state index contributed by atoms with van der Waals surface area (Å²) < 4.78 is 11.0. The highest BCUT2D eigenvalue weighted by Crippen LogP contribution is 2.41. The predicted molar refractivity (Wildman–Crippen MR) is 138 cm³/mol. The number of carboxylic acids is 1. The van der Waals surface area contributed by atoms with Crippen molar-refractivity contribution in [3.05, 3.63) is 100 Å². The number of carbonyl (C=O) groups excluding carboxylic acids is 1. The maximum Gasteiger partial charge on any atom is 0.419 e. The van der Waals surface area contributed by atoms with E-state index in [1.807, 2.05) is 48.5 Å². The molecule has 0 aliphatic carbocycles. The molecule has 7 nitrogen and oxygen atoms in total. The van der Waals surface area contributed by atoms with Gasteiger partial charge in [-0.15, -0.1) is 0 Å². The Balaban J connectivity index is 1.63. The topological polar surface area (TPSA) is 92.9 Å². The van der Waals surface area contributed by atoms with Crippen LogP contribution < -0.4 is 4.90 Å². The second kappa shape index (κ2) is 11.1. The summed E-state index contributed by atoms with van der Waals surface area (Å²) in [6.07, 6.45) is 0.108. The van der Waals surface area contributed by atoms with Crippen molar-refractivity contribution in [3.8, 4) is 11.3 Å². The molecule has 0 fully saturated rings.